The molecule has 3 rings (SSSR count). The second kappa shape index (κ2) is 8.30. The number of amidine groups is 1. The molecule has 1 N–H and O–H groups in total. The standard InChI is InChI=1S/C20H24N6O4/c1-6-30-15-9-13(7-8-14(15)27)10-21-23-19-22-17-16(26(19)11-12(2)3)18(28)25(5)20(29)24(17)4/h7-10,16H,2,6,11H2,1,3-5H3,(H,21,27). The third-order valence-corrected chi connectivity index (χ3v) is 4.62. The summed E-state index contributed by atoms with van der Waals surface area (Å²) >= 11 is 0. The largest absolute Gasteiger partial charge is 0.870 e. The van der Waals surface area contributed by atoms with Crippen molar-refractivity contribution in [2.24, 2.45) is 5.10 Å². The first kappa shape index (κ1) is 20.9. The second-order valence-electron chi connectivity index (χ2n) is 7.03. The minimum absolute atomic E-state index is 0.203. The van der Waals surface area contributed by atoms with Crippen LogP contribution in [0.4, 0.5) is 4.79 Å². The molecular weight excluding hydrogens is 388 g/mol. The summed E-state index contributed by atoms with van der Waals surface area (Å²) in [6.07, 6.45) is 1.51. The van der Waals surface area contributed by atoms with Gasteiger partial charge in [-0.3, -0.25) is 9.69 Å². The van der Waals surface area contributed by atoms with E-state index >= 15 is 0 Å². The smallest absolute Gasteiger partial charge is 0.421 e. The van der Waals surface area contributed by atoms with Crippen LogP contribution in [0.25, 0.3) is 0 Å². The van der Waals surface area contributed by atoms with Gasteiger partial charge in [0, 0.05) is 7.05 Å². The first-order chi connectivity index (χ1) is 14.2. The van der Waals surface area contributed by atoms with Gasteiger partial charge in [-0.2, -0.15) is 5.43 Å². The van der Waals surface area contributed by atoms with Gasteiger partial charge >= 0.3 is 17.8 Å². The lowest BCUT2D eigenvalue weighted by molar-refractivity contribution is -0.270. The molecule has 1 unspecified atom stereocenters. The minimum atomic E-state index is -0.739. The third kappa shape index (κ3) is 3.85. The molecule has 3 amide bonds. The number of ether oxygens (including phenoxy) is 1. The molecule has 1 atom stereocenters. The molecule has 10 nitrogen and oxygen atoms in total. The number of rotatable bonds is 6. The average molecular weight is 412 g/mol. The first-order valence-electron chi connectivity index (χ1n) is 9.39. The number of likely N-dealkylation sites (N-methyl/N-ethyl adjacent to an activating group) is 2. The number of carbonyl (C=O) groups excluding carboxylic acids is 2. The Balaban J connectivity index is 1.86. The lowest BCUT2D eigenvalue weighted by Crippen LogP contribution is -2.64. The van der Waals surface area contributed by atoms with E-state index in [1.807, 2.05) is 6.92 Å². The van der Waals surface area contributed by atoms with Crippen molar-refractivity contribution in [2.75, 3.05) is 27.2 Å². The molecule has 1 aromatic rings. The fourth-order valence-electron chi connectivity index (χ4n) is 3.18. The van der Waals surface area contributed by atoms with Crippen LogP contribution in [0.15, 0.2) is 35.5 Å². The van der Waals surface area contributed by atoms with Gasteiger partial charge in [0.25, 0.3) is 5.91 Å². The molecule has 10 heteroatoms. The Morgan fingerprint density at radius 3 is 2.77 bits per heavy atom. The number of hydrazone groups is 1. The van der Waals surface area contributed by atoms with Crippen LogP contribution in [0.1, 0.15) is 19.4 Å². The molecule has 1 aromatic carbocycles. The molecule has 0 aromatic heterocycles. The van der Waals surface area contributed by atoms with Crippen molar-refractivity contribution in [3.8, 4) is 11.5 Å². The van der Waals surface area contributed by atoms with Crippen LogP contribution in [0.3, 0.4) is 0 Å². The summed E-state index contributed by atoms with van der Waals surface area (Å²) in [5, 5.41) is 15.9. The van der Waals surface area contributed by atoms with Crippen LogP contribution < -0.4 is 19.9 Å². The maximum Gasteiger partial charge on any atom is 0.421 e. The number of nitrogens with zero attached hydrogens (tertiary/aromatic N) is 5. The van der Waals surface area contributed by atoms with Gasteiger partial charge in [-0.15, -0.1) is 5.10 Å². The van der Waals surface area contributed by atoms with E-state index in [1.165, 1.54) is 24.2 Å². The monoisotopic (exact) mass is 412 g/mol. The average Bonchev–Trinajstić information content (AvgIpc) is 3.05. The Kier molecular flexibility index (Phi) is 5.79. The molecule has 0 bridgehead atoms. The van der Waals surface area contributed by atoms with Crippen molar-refractivity contribution in [2.45, 2.75) is 19.9 Å². The maximum absolute atomic E-state index is 12.7. The van der Waals surface area contributed by atoms with E-state index in [0.29, 0.717) is 30.5 Å². The number of hydrogen-bond donors (Lipinski definition) is 1. The summed E-state index contributed by atoms with van der Waals surface area (Å²) < 4.78 is 9.74. The Labute approximate surface area is 174 Å². The van der Waals surface area contributed by atoms with E-state index in [0.717, 1.165) is 10.5 Å². The lowest BCUT2D eigenvalue weighted by atomic mass is 10.1. The summed E-state index contributed by atoms with van der Waals surface area (Å²) in [6, 6.07) is 3.44. The van der Waals surface area contributed by atoms with Crippen molar-refractivity contribution < 1.29 is 19.4 Å². The van der Waals surface area contributed by atoms with E-state index in [9.17, 15) is 14.7 Å². The Morgan fingerprint density at radius 1 is 1.37 bits per heavy atom. The third-order valence-electron chi connectivity index (χ3n) is 4.62. The summed E-state index contributed by atoms with van der Waals surface area (Å²) in [5.41, 5.74) is 4.31. The van der Waals surface area contributed by atoms with Crippen LogP contribution in [0.5, 0.6) is 11.5 Å². The highest BCUT2D eigenvalue weighted by atomic mass is 16.5. The predicted octanol–water partition coefficient (Wildman–Crippen LogP) is -0.312. The van der Waals surface area contributed by atoms with Crippen molar-refractivity contribution in [3.05, 3.63) is 35.9 Å². The molecule has 2 aliphatic rings. The molecule has 0 saturated carbocycles. The fraction of sp³-hybridized carbons (Fsp3) is 0.350. The highest BCUT2D eigenvalue weighted by Crippen LogP contribution is 2.23. The number of imide groups is 1. The van der Waals surface area contributed by atoms with Crippen LogP contribution in [0.2, 0.25) is 0 Å². The maximum atomic E-state index is 12.7. The van der Waals surface area contributed by atoms with Crippen LogP contribution in [-0.4, -0.2) is 77.9 Å². The minimum Gasteiger partial charge on any atom is -0.870 e. The number of carbonyl (C=O) groups is 2. The van der Waals surface area contributed by atoms with Gasteiger partial charge in [-0.05, 0) is 25.5 Å². The van der Waals surface area contributed by atoms with Gasteiger partial charge in [-0.25, -0.2) is 19.3 Å². The number of amides is 3. The molecule has 2 heterocycles. The number of guanidine groups is 1. The van der Waals surface area contributed by atoms with E-state index in [1.54, 1.807) is 31.0 Å². The zero-order valence-corrected chi connectivity index (χ0v) is 17.4. The van der Waals surface area contributed by atoms with E-state index in [-0.39, 0.29) is 17.4 Å². The topological polar surface area (TPSA) is 115 Å². The molecule has 2 aliphatic heterocycles. The van der Waals surface area contributed by atoms with E-state index < -0.39 is 12.1 Å². The van der Waals surface area contributed by atoms with Crippen molar-refractivity contribution in [1.29, 1.82) is 0 Å². The fourth-order valence-corrected chi connectivity index (χ4v) is 3.18. The summed E-state index contributed by atoms with van der Waals surface area (Å²) in [7, 11) is 3.01. The van der Waals surface area contributed by atoms with Gasteiger partial charge in [0.2, 0.25) is 6.04 Å². The molecule has 0 spiro atoms. The quantitative estimate of drug-likeness (QED) is 0.297. The van der Waals surface area contributed by atoms with Crippen molar-refractivity contribution in [3.63, 3.8) is 0 Å². The molecule has 0 aliphatic carbocycles. The Hall–Kier alpha value is -3.78. The second-order valence-corrected chi connectivity index (χ2v) is 7.03. The SMILES string of the molecule is C=C(C)CN1C(N/N=C/c2ccc([O-])c(OCC)c2)=[N+]=C2C1C(=O)N(C)C(=O)N2C. The Bertz CT molecular complexity index is 995. The van der Waals surface area contributed by atoms with E-state index in [2.05, 4.69) is 21.8 Å². The Morgan fingerprint density at radius 2 is 2.10 bits per heavy atom. The molecule has 158 valence electrons. The number of nitrogens with one attached hydrogen (secondary N) is 1. The molecule has 1 saturated heterocycles. The van der Waals surface area contributed by atoms with E-state index in [4.69, 9.17) is 4.74 Å². The van der Waals surface area contributed by atoms with Crippen molar-refractivity contribution in [1.82, 2.24) is 24.8 Å². The van der Waals surface area contributed by atoms with Crippen LogP contribution >= 0.6 is 0 Å². The number of urea groups is 1. The van der Waals surface area contributed by atoms with Gasteiger partial charge in [0.1, 0.15) is 5.75 Å². The lowest BCUT2D eigenvalue weighted by Gasteiger charge is -2.31. The van der Waals surface area contributed by atoms with Gasteiger partial charge in [-0.1, -0.05) is 30.0 Å². The summed E-state index contributed by atoms with van der Waals surface area (Å²) in [5.74, 6) is 0.329. The molecule has 0 radical (unpaired) electrons. The highest BCUT2D eigenvalue weighted by Gasteiger charge is 2.54. The molecule has 1 fully saturated rings. The van der Waals surface area contributed by atoms with Gasteiger partial charge in [0.15, 0.2) is 0 Å². The number of fused-ring (bicyclic) bond motifs is 1. The normalized spacial score (nSPS) is 18.5. The van der Waals surface area contributed by atoms with Crippen LogP contribution in [0, 0.1) is 0 Å². The number of hydrogen-bond acceptors (Lipinski definition) is 7. The zero-order valence-electron chi connectivity index (χ0n) is 17.4. The summed E-state index contributed by atoms with van der Waals surface area (Å²) in [6.45, 7) is 8.29. The van der Waals surface area contributed by atoms with Crippen molar-refractivity contribution >= 4 is 29.9 Å². The van der Waals surface area contributed by atoms with Crippen LogP contribution in [-0.2, 0) is 4.79 Å². The first-order valence-corrected chi connectivity index (χ1v) is 9.39. The predicted molar refractivity (Wildman–Crippen MR) is 111 cm³/mol. The number of benzene rings is 1. The highest BCUT2D eigenvalue weighted by molar-refractivity contribution is 6.23. The van der Waals surface area contributed by atoms with Gasteiger partial charge < -0.3 is 9.84 Å². The zero-order chi connectivity index (χ0) is 22.0. The summed E-state index contributed by atoms with van der Waals surface area (Å²) in [4.78, 5) is 29.1. The van der Waals surface area contributed by atoms with Gasteiger partial charge in [0.05, 0.1) is 26.4 Å². The molecule has 30 heavy (non-hydrogen) atoms. The molecular formula is C20H24N6O4.